The van der Waals surface area contributed by atoms with Crippen LogP contribution in [-0.2, 0) is 16.6 Å². The molecular formula is C17H17F3IN5O3. The number of carbonyl (C=O) groups is 1. The van der Waals surface area contributed by atoms with E-state index in [0.29, 0.717) is 16.7 Å². The third-order valence-corrected chi connectivity index (χ3v) is 5.08. The number of hydrogen-bond acceptors (Lipinski definition) is 7. The molecule has 8 nitrogen and oxygen atoms in total. The van der Waals surface area contributed by atoms with Crippen LogP contribution in [-0.4, -0.2) is 58.1 Å². The first-order valence-electron chi connectivity index (χ1n) is 8.44. The van der Waals surface area contributed by atoms with Gasteiger partial charge >= 0.3 is 12.1 Å². The Hall–Kier alpha value is -2.35. The molecule has 29 heavy (non-hydrogen) atoms. The molecule has 0 bridgehead atoms. The maximum absolute atomic E-state index is 12.4. The maximum Gasteiger partial charge on any atom is 0.490 e. The maximum atomic E-state index is 12.4. The van der Waals surface area contributed by atoms with Crippen molar-refractivity contribution >= 4 is 62.1 Å². The summed E-state index contributed by atoms with van der Waals surface area (Å²) in [6.07, 6.45) is -3.20. The molecule has 2 heterocycles. The molecule has 0 radical (unpaired) electrons. The van der Waals surface area contributed by atoms with Crippen LogP contribution >= 0.6 is 22.6 Å². The summed E-state index contributed by atoms with van der Waals surface area (Å²) in [6, 6.07) is 3.71. The number of aliphatic hydroxyl groups is 1. The molecule has 0 unspecified atom stereocenters. The van der Waals surface area contributed by atoms with Crippen molar-refractivity contribution in [1.29, 1.82) is 0 Å². The van der Waals surface area contributed by atoms with Gasteiger partial charge in [-0.3, -0.25) is 0 Å². The summed E-state index contributed by atoms with van der Waals surface area (Å²) in [5.74, 6) is -1.94. The summed E-state index contributed by atoms with van der Waals surface area (Å²) < 4.78 is 44.2. The molecule has 12 heteroatoms. The predicted molar refractivity (Wildman–Crippen MR) is 109 cm³/mol. The highest BCUT2D eigenvalue weighted by molar-refractivity contribution is 14.1. The van der Waals surface area contributed by atoms with Gasteiger partial charge < -0.3 is 25.0 Å². The first-order chi connectivity index (χ1) is 13.6. The number of esters is 1. The molecule has 0 aliphatic rings. The number of alkyl halides is 3. The molecule has 1 aromatic carbocycles. The SMILES string of the molecule is Cn1ccc2c3c(N(CCO)CCOC(=O)C(F)(F)F)nc(N)nc3cc(I)c21. The van der Waals surface area contributed by atoms with Crippen LogP contribution in [0.2, 0.25) is 0 Å². The first-order valence-corrected chi connectivity index (χ1v) is 9.52. The zero-order valence-corrected chi connectivity index (χ0v) is 17.4. The Morgan fingerprint density at radius 1 is 1.38 bits per heavy atom. The minimum absolute atomic E-state index is 0.0196. The Labute approximate surface area is 176 Å². The molecule has 0 aliphatic carbocycles. The van der Waals surface area contributed by atoms with E-state index < -0.39 is 18.8 Å². The number of anilines is 2. The largest absolute Gasteiger partial charge is 0.490 e. The van der Waals surface area contributed by atoms with Crippen molar-refractivity contribution in [3.63, 3.8) is 0 Å². The molecule has 0 amide bonds. The molecule has 0 fully saturated rings. The van der Waals surface area contributed by atoms with Crippen LogP contribution in [0.3, 0.4) is 0 Å². The van der Waals surface area contributed by atoms with Gasteiger partial charge in [0, 0.05) is 28.7 Å². The fourth-order valence-electron chi connectivity index (χ4n) is 3.07. The van der Waals surface area contributed by atoms with E-state index in [2.05, 4.69) is 37.3 Å². The average Bonchev–Trinajstić information content (AvgIpc) is 3.01. The van der Waals surface area contributed by atoms with E-state index in [1.54, 1.807) is 0 Å². The highest BCUT2D eigenvalue weighted by atomic mass is 127. The Kier molecular flexibility index (Phi) is 6.03. The van der Waals surface area contributed by atoms with Crippen LogP contribution in [0.25, 0.3) is 21.8 Å². The molecule has 0 saturated carbocycles. The average molecular weight is 523 g/mol. The second-order valence-corrected chi connectivity index (χ2v) is 7.35. The molecule has 0 spiro atoms. The molecule has 3 aromatic rings. The molecule has 3 N–H and O–H groups in total. The van der Waals surface area contributed by atoms with E-state index in [1.807, 2.05) is 29.9 Å². The summed E-state index contributed by atoms with van der Waals surface area (Å²) in [5, 5.41) is 10.9. The van der Waals surface area contributed by atoms with Crippen molar-refractivity contribution < 1.29 is 27.8 Å². The molecule has 3 rings (SSSR count). The monoisotopic (exact) mass is 523 g/mol. The predicted octanol–water partition coefficient (Wildman–Crippen LogP) is 2.21. The van der Waals surface area contributed by atoms with Crippen molar-refractivity contribution in [2.24, 2.45) is 7.05 Å². The molecular weight excluding hydrogens is 506 g/mol. The number of halogens is 4. The number of hydrogen-bond donors (Lipinski definition) is 2. The van der Waals surface area contributed by atoms with Crippen molar-refractivity contribution in [3.8, 4) is 0 Å². The lowest BCUT2D eigenvalue weighted by Gasteiger charge is -2.24. The number of aromatic nitrogens is 3. The van der Waals surface area contributed by atoms with Gasteiger partial charge in [-0.25, -0.2) is 9.78 Å². The minimum atomic E-state index is -5.07. The van der Waals surface area contributed by atoms with Gasteiger partial charge in [-0.05, 0) is 34.7 Å². The van der Waals surface area contributed by atoms with Crippen LogP contribution in [0.5, 0.6) is 0 Å². The van der Waals surface area contributed by atoms with Crippen molar-refractivity contribution in [1.82, 2.24) is 14.5 Å². The zero-order chi connectivity index (χ0) is 21.3. The number of ether oxygens (including phenoxy) is 1. The summed E-state index contributed by atoms with van der Waals surface area (Å²) >= 11 is 2.18. The number of nitrogens with two attached hydrogens (primary N) is 1. The number of aliphatic hydroxyl groups excluding tert-OH is 1. The Balaban J connectivity index is 2.05. The molecule has 2 aromatic heterocycles. The van der Waals surface area contributed by atoms with E-state index in [-0.39, 0.29) is 25.6 Å². The number of carbonyl (C=O) groups excluding carboxylic acids is 1. The molecule has 0 saturated heterocycles. The fourth-order valence-corrected chi connectivity index (χ4v) is 4.03. The zero-order valence-electron chi connectivity index (χ0n) is 15.2. The van der Waals surface area contributed by atoms with Crippen LogP contribution in [0.4, 0.5) is 24.9 Å². The second-order valence-electron chi connectivity index (χ2n) is 6.19. The third kappa shape index (κ3) is 4.32. The fraction of sp³-hybridized carbons (Fsp3) is 0.353. The summed E-state index contributed by atoms with van der Waals surface area (Å²) in [4.78, 5) is 21.0. The molecule has 156 valence electrons. The normalized spacial score (nSPS) is 11.9. The van der Waals surface area contributed by atoms with Crippen LogP contribution < -0.4 is 10.6 Å². The Morgan fingerprint density at radius 3 is 2.76 bits per heavy atom. The van der Waals surface area contributed by atoms with Crippen LogP contribution in [0.15, 0.2) is 18.3 Å². The van der Waals surface area contributed by atoms with E-state index in [0.717, 1.165) is 14.5 Å². The third-order valence-electron chi connectivity index (χ3n) is 4.26. The second kappa shape index (κ2) is 8.18. The highest BCUT2D eigenvalue weighted by Gasteiger charge is 2.40. The Bertz CT molecular complexity index is 1070. The van der Waals surface area contributed by atoms with Gasteiger partial charge in [0.05, 0.1) is 29.6 Å². The number of benzene rings is 1. The van der Waals surface area contributed by atoms with Gasteiger partial charge in [-0.15, -0.1) is 0 Å². The number of nitrogen functional groups attached to an aromatic ring is 1. The van der Waals surface area contributed by atoms with Gasteiger partial charge in [0.15, 0.2) is 0 Å². The quantitative estimate of drug-likeness (QED) is 0.377. The summed E-state index contributed by atoms with van der Waals surface area (Å²) in [5.41, 5.74) is 7.33. The first kappa shape index (κ1) is 21.4. The lowest BCUT2D eigenvalue weighted by molar-refractivity contribution is -0.199. The van der Waals surface area contributed by atoms with Gasteiger partial charge in [-0.2, -0.15) is 18.2 Å². The topological polar surface area (TPSA) is 106 Å². The van der Waals surface area contributed by atoms with Gasteiger partial charge in [0.25, 0.3) is 0 Å². The van der Waals surface area contributed by atoms with Crippen molar-refractivity contribution in [2.75, 3.05) is 36.9 Å². The lowest BCUT2D eigenvalue weighted by atomic mass is 10.1. The number of rotatable bonds is 6. The minimum Gasteiger partial charge on any atom is -0.457 e. The standard InChI is InChI=1S/C17H17F3IN5O3/c1-25-3-2-9-12-11(8-10(21)13(9)25)23-16(22)24-14(12)26(4-6-27)5-7-29-15(28)17(18,19)20/h2-3,8,27H,4-7H2,1H3,(H2,22,23,24). The lowest BCUT2D eigenvalue weighted by Crippen LogP contribution is -2.34. The van der Waals surface area contributed by atoms with E-state index >= 15 is 0 Å². The highest BCUT2D eigenvalue weighted by Crippen LogP contribution is 2.35. The van der Waals surface area contributed by atoms with Crippen LogP contribution in [0.1, 0.15) is 0 Å². The van der Waals surface area contributed by atoms with Crippen molar-refractivity contribution in [3.05, 3.63) is 21.9 Å². The van der Waals surface area contributed by atoms with E-state index in [1.165, 1.54) is 4.90 Å². The van der Waals surface area contributed by atoms with Crippen molar-refractivity contribution in [2.45, 2.75) is 6.18 Å². The van der Waals surface area contributed by atoms with Gasteiger partial charge in [0.1, 0.15) is 12.4 Å². The van der Waals surface area contributed by atoms with E-state index in [4.69, 9.17) is 5.73 Å². The smallest absolute Gasteiger partial charge is 0.457 e. The number of fused-ring (bicyclic) bond motifs is 3. The summed E-state index contributed by atoms with van der Waals surface area (Å²) in [6.45, 7) is -0.892. The number of aryl methyl sites for hydroxylation is 1. The van der Waals surface area contributed by atoms with Gasteiger partial charge in [-0.1, -0.05) is 0 Å². The number of nitrogens with zero attached hydrogens (tertiary/aromatic N) is 4. The van der Waals surface area contributed by atoms with Crippen LogP contribution in [0, 0.1) is 3.57 Å². The van der Waals surface area contributed by atoms with E-state index in [9.17, 15) is 23.1 Å². The molecule has 0 atom stereocenters. The Morgan fingerprint density at radius 2 is 2.10 bits per heavy atom. The summed E-state index contributed by atoms with van der Waals surface area (Å²) in [7, 11) is 1.89. The molecule has 0 aliphatic heterocycles. The van der Waals surface area contributed by atoms with Gasteiger partial charge in [0.2, 0.25) is 5.95 Å².